The molecule has 0 saturated carbocycles. The molecule has 0 aliphatic rings. The molecule has 3 heteroatoms. The van der Waals surface area contributed by atoms with E-state index < -0.39 is 0 Å². The van der Waals surface area contributed by atoms with E-state index in [9.17, 15) is 0 Å². The first-order valence-electron chi connectivity index (χ1n) is 6.49. The summed E-state index contributed by atoms with van der Waals surface area (Å²) in [6, 6.07) is 9.31. The quantitative estimate of drug-likeness (QED) is 0.421. The largest absolute Gasteiger partial charge is 4.00 e. The summed E-state index contributed by atoms with van der Waals surface area (Å²) in [5.41, 5.74) is 9.76. The maximum atomic E-state index is 3.17. The van der Waals surface area contributed by atoms with E-state index in [1.165, 1.54) is 38.9 Å². The minimum absolute atomic E-state index is 0. The van der Waals surface area contributed by atoms with Gasteiger partial charge in [-0.3, -0.25) is 0 Å². The fourth-order valence-corrected chi connectivity index (χ4v) is 2.14. The molecule has 2 aromatic rings. The van der Waals surface area contributed by atoms with Crippen molar-refractivity contribution in [2.75, 3.05) is 0 Å². The Morgan fingerprint density at radius 2 is 1.10 bits per heavy atom. The fraction of sp³-hybridized carbons (Fsp3) is 0.389. The van der Waals surface area contributed by atoms with Gasteiger partial charge in [0.2, 0.25) is 0 Å². The normalized spacial score (nSPS) is 8.52. The molecular weight excluding hydrogens is 335 g/mol. The molecule has 0 radical (unpaired) electrons. The molecule has 2 rings (SSSR count). The van der Waals surface area contributed by atoms with Crippen LogP contribution in [0.1, 0.15) is 38.9 Å². The first kappa shape index (κ1) is 25.8. The predicted octanol–water partition coefficient (Wildman–Crippen LogP) is -0.943. The van der Waals surface area contributed by atoms with E-state index in [2.05, 4.69) is 40.7 Å². The van der Waals surface area contributed by atoms with Gasteiger partial charge in [0.05, 0.1) is 0 Å². The molecule has 0 saturated heterocycles. The van der Waals surface area contributed by atoms with Crippen LogP contribution in [0.15, 0.2) is 18.2 Å². The summed E-state index contributed by atoms with van der Waals surface area (Å²) in [5.74, 6) is 0. The second-order valence-electron chi connectivity index (χ2n) is 5.14. The van der Waals surface area contributed by atoms with Gasteiger partial charge in [-0.2, -0.15) is 63.2 Å². The number of rotatable bonds is 0. The third kappa shape index (κ3) is 7.11. The van der Waals surface area contributed by atoms with Crippen LogP contribution in [0.3, 0.4) is 0 Å². The molecule has 0 spiro atoms. The Kier molecular flexibility index (Phi) is 14.0. The molecule has 0 heterocycles. The Labute approximate surface area is 157 Å². The van der Waals surface area contributed by atoms with Gasteiger partial charge in [-0.25, -0.2) is 0 Å². The molecular formula is C18H24Cl2Ti. The molecule has 21 heavy (non-hydrogen) atoms. The number of halogens is 2. The zero-order valence-electron chi connectivity index (χ0n) is 14.0. The third-order valence-electron chi connectivity index (χ3n) is 3.90. The van der Waals surface area contributed by atoms with Crippen molar-refractivity contribution < 1.29 is 46.5 Å². The van der Waals surface area contributed by atoms with E-state index in [0.717, 1.165) is 0 Å². The molecule has 0 aliphatic heterocycles. The summed E-state index contributed by atoms with van der Waals surface area (Å²) in [6.45, 7) is 15.1. The molecule has 114 valence electrons. The zero-order valence-corrected chi connectivity index (χ0v) is 17.1. The second-order valence-corrected chi connectivity index (χ2v) is 5.14. The van der Waals surface area contributed by atoms with Crippen LogP contribution < -0.4 is 24.8 Å². The van der Waals surface area contributed by atoms with Gasteiger partial charge >= 0.3 is 21.7 Å². The maximum Gasteiger partial charge on any atom is 4.00 e. The van der Waals surface area contributed by atoms with Crippen molar-refractivity contribution in [1.29, 1.82) is 0 Å². The van der Waals surface area contributed by atoms with Crippen LogP contribution in [-0.2, 0) is 21.7 Å². The molecule has 0 aromatic heterocycles. The third-order valence-corrected chi connectivity index (χ3v) is 3.90. The van der Waals surface area contributed by atoms with E-state index in [0.29, 0.717) is 0 Å². The second kappa shape index (κ2) is 11.4. The van der Waals surface area contributed by atoms with Crippen LogP contribution in [0.5, 0.6) is 0 Å². The molecule has 0 amide bonds. The Morgan fingerprint density at radius 1 is 0.762 bits per heavy atom. The summed E-state index contributed by atoms with van der Waals surface area (Å²) in [5, 5.41) is 0. The van der Waals surface area contributed by atoms with Crippen molar-refractivity contribution in [1.82, 2.24) is 0 Å². The summed E-state index contributed by atoms with van der Waals surface area (Å²) in [7, 11) is 0. The molecule has 0 atom stereocenters. The standard InChI is InChI=1S/C10H15.C8H9.2ClH.Ti/c1-6-7(2)9(4)10(5)8(6)3;1-7-4-3-5-8(2)6-7;;;/h1-5H3;3-5H,1-2H3;2*1H;/q2*-1;;;+4/p-2. The molecule has 0 nitrogen and oxygen atoms in total. The Morgan fingerprint density at radius 3 is 1.24 bits per heavy atom. The number of benzene rings is 1. The van der Waals surface area contributed by atoms with Crippen molar-refractivity contribution in [3.05, 3.63) is 63.2 Å². The topological polar surface area (TPSA) is 0 Å². The number of hydrogen-bond acceptors (Lipinski definition) is 0. The van der Waals surface area contributed by atoms with Crippen molar-refractivity contribution in [3.63, 3.8) is 0 Å². The van der Waals surface area contributed by atoms with Gasteiger partial charge in [0.15, 0.2) is 0 Å². The zero-order chi connectivity index (χ0) is 13.9. The Hall–Kier alpha value is -0.136. The van der Waals surface area contributed by atoms with Crippen LogP contribution in [0.4, 0.5) is 0 Å². The van der Waals surface area contributed by atoms with Gasteiger partial charge in [0.25, 0.3) is 0 Å². The maximum absolute atomic E-state index is 3.17. The summed E-state index contributed by atoms with van der Waals surface area (Å²) >= 11 is 0. The SMILES string of the molecule is Cc1[c-]c(C)ccc1.Cc1c(C)c(C)[c-](C)c1C.[Cl-].[Cl-].[Ti+4]. The van der Waals surface area contributed by atoms with Gasteiger partial charge in [0.1, 0.15) is 0 Å². The van der Waals surface area contributed by atoms with Gasteiger partial charge in [-0.15, -0.1) is 0 Å². The van der Waals surface area contributed by atoms with Crippen molar-refractivity contribution in [2.45, 2.75) is 48.5 Å². The van der Waals surface area contributed by atoms with Gasteiger partial charge < -0.3 is 24.8 Å². The first-order chi connectivity index (χ1) is 8.34. The van der Waals surface area contributed by atoms with Crippen molar-refractivity contribution in [3.8, 4) is 0 Å². The van der Waals surface area contributed by atoms with E-state index >= 15 is 0 Å². The number of hydrogen-bond donors (Lipinski definition) is 0. The first-order valence-corrected chi connectivity index (χ1v) is 6.49. The van der Waals surface area contributed by atoms with E-state index in [1.54, 1.807) is 0 Å². The summed E-state index contributed by atoms with van der Waals surface area (Å²) in [4.78, 5) is 0. The van der Waals surface area contributed by atoms with Crippen molar-refractivity contribution >= 4 is 0 Å². The van der Waals surface area contributed by atoms with Crippen molar-refractivity contribution in [2.24, 2.45) is 0 Å². The van der Waals surface area contributed by atoms with Crippen LogP contribution >= 0.6 is 0 Å². The monoisotopic (exact) mass is 358 g/mol. The van der Waals surface area contributed by atoms with Gasteiger partial charge in [0, 0.05) is 0 Å². The summed E-state index contributed by atoms with van der Waals surface area (Å²) in [6.07, 6.45) is 0. The molecule has 0 unspecified atom stereocenters. The van der Waals surface area contributed by atoms with Crippen LogP contribution in [0, 0.1) is 54.5 Å². The molecule has 2 aromatic carbocycles. The smallest absolute Gasteiger partial charge is 1.00 e. The Bertz CT molecular complexity index is 445. The van der Waals surface area contributed by atoms with E-state index in [1.807, 2.05) is 32.0 Å². The van der Waals surface area contributed by atoms with E-state index in [-0.39, 0.29) is 46.5 Å². The van der Waals surface area contributed by atoms with E-state index in [4.69, 9.17) is 0 Å². The fourth-order valence-electron chi connectivity index (χ4n) is 2.14. The molecule has 0 N–H and O–H groups in total. The average Bonchev–Trinajstić information content (AvgIpc) is 2.48. The predicted molar refractivity (Wildman–Crippen MR) is 80.5 cm³/mol. The molecule has 0 fully saturated rings. The summed E-state index contributed by atoms with van der Waals surface area (Å²) < 4.78 is 0. The average molecular weight is 359 g/mol. The Balaban J connectivity index is -0.000000274. The van der Waals surface area contributed by atoms with Crippen LogP contribution in [0.25, 0.3) is 0 Å². The van der Waals surface area contributed by atoms with Gasteiger partial charge in [-0.1, -0.05) is 48.5 Å². The molecule has 0 bridgehead atoms. The van der Waals surface area contributed by atoms with Crippen LogP contribution in [-0.4, -0.2) is 0 Å². The minimum atomic E-state index is 0. The minimum Gasteiger partial charge on any atom is -1.00 e. The molecule has 0 aliphatic carbocycles. The number of aryl methyl sites for hydroxylation is 2. The van der Waals surface area contributed by atoms with Gasteiger partial charge in [-0.05, 0) is 0 Å². The van der Waals surface area contributed by atoms with Crippen LogP contribution in [0.2, 0.25) is 0 Å².